The molecule has 0 aliphatic heterocycles. The average molecular weight is 471 g/mol. The summed E-state index contributed by atoms with van der Waals surface area (Å²) in [6.45, 7) is 0.554. The Balaban J connectivity index is 1.62. The largest absolute Gasteiger partial charge is 0.348 e. The Morgan fingerprint density at radius 3 is 2.50 bits per heavy atom. The molecular weight excluding hydrogens is 448 g/mol. The Morgan fingerprint density at radius 2 is 1.78 bits per heavy atom. The maximum absolute atomic E-state index is 12.6. The SMILES string of the molecule is CN(C)CC(=O)Nc1cccc(CNC(=O)c2ccc(Cl)c(NC(=O)c3cccs3)c2)c1. The predicted molar refractivity (Wildman–Crippen MR) is 129 cm³/mol. The van der Waals surface area contributed by atoms with Crippen LogP contribution >= 0.6 is 22.9 Å². The van der Waals surface area contributed by atoms with Crippen LogP contribution in [0.5, 0.6) is 0 Å². The Labute approximate surface area is 195 Å². The lowest BCUT2D eigenvalue weighted by molar-refractivity contribution is -0.116. The van der Waals surface area contributed by atoms with Crippen molar-refractivity contribution in [2.24, 2.45) is 0 Å². The lowest BCUT2D eigenvalue weighted by Crippen LogP contribution is -2.27. The first-order chi connectivity index (χ1) is 15.3. The number of hydrogen-bond acceptors (Lipinski definition) is 5. The molecule has 0 bridgehead atoms. The van der Waals surface area contributed by atoms with Gasteiger partial charge in [-0.15, -0.1) is 11.3 Å². The van der Waals surface area contributed by atoms with Gasteiger partial charge in [0.25, 0.3) is 11.8 Å². The van der Waals surface area contributed by atoms with Crippen LogP contribution in [0.15, 0.2) is 60.0 Å². The highest BCUT2D eigenvalue weighted by atomic mass is 35.5. The van der Waals surface area contributed by atoms with Crippen molar-refractivity contribution in [3.05, 3.63) is 81.0 Å². The topological polar surface area (TPSA) is 90.5 Å². The summed E-state index contributed by atoms with van der Waals surface area (Å²) in [7, 11) is 3.64. The summed E-state index contributed by atoms with van der Waals surface area (Å²) in [5.74, 6) is -0.711. The predicted octanol–water partition coefficient (Wildman–Crippen LogP) is 4.08. The van der Waals surface area contributed by atoms with Crippen LogP contribution in [-0.2, 0) is 11.3 Å². The van der Waals surface area contributed by atoms with Gasteiger partial charge in [0.15, 0.2) is 0 Å². The zero-order valence-electron chi connectivity index (χ0n) is 17.6. The number of nitrogens with zero attached hydrogens (tertiary/aromatic N) is 1. The molecule has 0 unspecified atom stereocenters. The van der Waals surface area contributed by atoms with Crippen LogP contribution in [0, 0.1) is 0 Å². The lowest BCUT2D eigenvalue weighted by Gasteiger charge is -2.12. The minimum Gasteiger partial charge on any atom is -0.348 e. The van der Waals surface area contributed by atoms with E-state index in [0.29, 0.717) is 26.8 Å². The van der Waals surface area contributed by atoms with Crippen molar-refractivity contribution >= 4 is 52.0 Å². The molecule has 0 atom stereocenters. The maximum atomic E-state index is 12.6. The molecule has 0 aliphatic carbocycles. The molecule has 0 saturated heterocycles. The smallest absolute Gasteiger partial charge is 0.265 e. The number of hydrogen-bond donors (Lipinski definition) is 3. The quantitative estimate of drug-likeness (QED) is 0.462. The van der Waals surface area contributed by atoms with Gasteiger partial charge in [0, 0.05) is 17.8 Å². The second-order valence-electron chi connectivity index (χ2n) is 7.30. The summed E-state index contributed by atoms with van der Waals surface area (Å²) in [5, 5.41) is 10.6. The molecule has 0 radical (unpaired) electrons. The van der Waals surface area contributed by atoms with Crippen molar-refractivity contribution in [3.8, 4) is 0 Å². The van der Waals surface area contributed by atoms with Crippen LogP contribution in [0.2, 0.25) is 5.02 Å². The van der Waals surface area contributed by atoms with Crippen molar-refractivity contribution in [3.63, 3.8) is 0 Å². The Hall–Kier alpha value is -3.20. The molecule has 7 nitrogen and oxygen atoms in total. The highest BCUT2D eigenvalue weighted by Crippen LogP contribution is 2.24. The van der Waals surface area contributed by atoms with Gasteiger partial charge in [0.05, 0.1) is 22.1 Å². The first-order valence-electron chi connectivity index (χ1n) is 9.78. The molecule has 9 heteroatoms. The number of rotatable bonds is 8. The van der Waals surface area contributed by atoms with Gasteiger partial charge in [0.2, 0.25) is 5.91 Å². The monoisotopic (exact) mass is 470 g/mol. The minimum atomic E-state index is -0.310. The molecule has 3 aromatic rings. The average Bonchev–Trinajstić information content (AvgIpc) is 3.28. The molecule has 32 heavy (non-hydrogen) atoms. The van der Waals surface area contributed by atoms with Gasteiger partial charge in [-0.3, -0.25) is 14.4 Å². The van der Waals surface area contributed by atoms with E-state index < -0.39 is 0 Å². The number of nitrogens with one attached hydrogen (secondary N) is 3. The van der Waals surface area contributed by atoms with Gasteiger partial charge in [0.1, 0.15) is 0 Å². The Bertz CT molecular complexity index is 1120. The molecule has 1 heterocycles. The number of anilines is 2. The molecular formula is C23H23ClN4O3S. The fourth-order valence-corrected chi connectivity index (χ4v) is 3.67. The van der Waals surface area contributed by atoms with E-state index in [-0.39, 0.29) is 30.8 Å². The lowest BCUT2D eigenvalue weighted by atomic mass is 10.1. The van der Waals surface area contributed by atoms with Gasteiger partial charge >= 0.3 is 0 Å². The summed E-state index contributed by atoms with van der Waals surface area (Å²) in [6.07, 6.45) is 0. The molecule has 166 valence electrons. The van der Waals surface area contributed by atoms with Crippen LogP contribution in [0.25, 0.3) is 0 Å². The van der Waals surface area contributed by atoms with Crippen molar-refractivity contribution in [1.29, 1.82) is 0 Å². The zero-order chi connectivity index (χ0) is 23.1. The number of benzene rings is 2. The van der Waals surface area contributed by atoms with Crippen LogP contribution in [0.4, 0.5) is 11.4 Å². The van der Waals surface area contributed by atoms with Crippen molar-refractivity contribution in [1.82, 2.24) is 10.2 Å². The van der Waals surface area contributed by atoms with E-state index in [1.165, 1.54) is 11.3 Å². The molecule has 3 N–H and O–H groups in total. The van der Waals surface area contributed by atoms with E-state index in [4.69, 9.17) is 11.6 Å². The van der Waals surface area contributed by atoms with E-state index >= 15 is 0 Å². The van der Waals surface area contributed by atoms with Gasteiger partial charge in [-0.05, 0) is 61.4 Å². The summed E-state index contributed by atoms with van der Waals surface area (Å²) >= 11 is 7.51. The van der Waals surface area contributed by atoms with Crippen LogP contribution in [0.3, 0.4) is 0 Å². The van der Waals surface area contributed by atoms with Gasteiger partial charge in [-0.25, -0.2) is 0 Å². The summed E-state index contributed by atoms with van der Waals surface area (Å²) in [5.41, 5.74) is 2.23. The first-order valence-corrected chi connectivity index (χ1v) is 11.0. The number of halogens is 1. The fraction of sp³-hybridized carbons (Fsp3) is 0.174. The van der Waals surface area contributed by atoms with Gasteiger partial charge in [-0.2, -0.15) is 0 Å². The summed E-state index contributed by atoms with van der Waals surface area (Å²) < 4.78 is 0. The molecule has 3 amide bonds. The number of carbonyl (C=O) groups is 3. The number of likely N-dealkylation sites (N-methyl/N-ethyl adjacent to an activating group) is 1. The summed E-state index contributed by atoms with van der Waals surface area (Å²) in [6, 6.07) is 15.5. The number of thiophene rings is 1. The molecule has 3 rings (SSSR count). The highest BCUT2D eigenvalue weighted by molar-refractivity contribution is 7.12. The summed E-state index contributed by atoms with van der Waals surface area (Å²) in [4.78, 5) is 39.2. The van der Waals surface area contributed by atoms with Crippen LogP contribution in [0.1, 0.15) is 25.6 Å². The van der Waals surface area contributed by atoms with E-state index in [1.54, 1.807) is 41.3 Å². The van der Waals surface area contributed by atoms with E-state index in [0.717, 1.165) is 5.56 Å². The zero-order valence-corrected chi connectivity index (χ0v) is 19.2. The molecule has 0 aliphatic rings. The Morgan fingerprint density at radius 1 is 0.969 bits per heavy atom. The second-order valence-corrected chi connectivity index (χ2v) is 8.65. The highest BCUT2D eigenvalue weighted by Gasteiger charge is 2.13. The maximum Gasteiger partial charge on any atom is 0.265 e. The third kappa shape index (κ3) is 6.65. The van der Waals surface area contributed by atoms with Crippen molar-refractivity contribution in [2.75, 3.05) is 31.3 Å². The van der Waals surface area contributed by atoms with Crippen LogP contribution < -0.4 is 16.0 Å². The third-order valence-corrected chi connectivity index (χ3v) is 5.54. The standard InChI is InChI=1S/C23H23ClN4O3S/c1-28(2)14-21(29)26-17-6-3-5-15(11-17)13-25-22(30)16-8-9-18(24)19(12-16)27-23(31)20-7-4-10-32-20/h3-12H,13-14H2,1-2H3,(H,25,30)(H,26,29)(H,27,31). The van der Waals surface area contributed by atoms with E-state index in [9.17, 15) is 14.4 Å². The Kier molecular flexibility index (Phi) is 7.99. The van der Waals surface area contributed by atoms with Crippen molar-refractivity contribution in [2.45, 2.75) is 6.54 Å². The van der Waals surface area contributed by atoms with Crippen LogP contribution in [-0.4, -0.2) is 43.3 Å². The number of carbonyl (C=O) groups excluding carboxylic acids is 3. The van der Waals surface area contributed by atoms with Gasteiger partial charge < -0.3 is 20.9 Å². The molecule has 0 spiro atoms. The molecule has 0 saturated carbocycles. The van der Waals surface area contributed by atoms with Crippen molar-refractivity contribution < 1.29 is 14.4 Å². The second kappa shape index (κ2) is 10.9. The van der Waals surface area contributed by atoms with E-state index in [2.05, 4.69) is 16.0 Å². The molecule has 1 aromatic heterocycles. The normalized spacial score (nSPS) is 10.6. The molecule has 0 fully saturated rings. The first kappa shape index (κ1) is 23.5. The molecule has 2 aromatic carbocycles. The minimum absolute atomic E-state index is 0.116. The third-order valence-electron chi connectivity index (χ3n) is 4.35. The fourth-order valence-electron chi connectivity index (χ4n) is 2.89. The number of amides is 3. The van der Waals surface area contributed by atoms with Gasteiger partial charge in [-0.1, -0.05) is 29.8 Å². The van der Waals surface area contributed by atoms with E-state index in [1.807, 2.05) is 37.7 Å².